The Bertz CT molecular complexity index is 735. The third-order valence-corrected chi connectivity index (χ3v) is 4.42. The maximum atomic E-state index is 13.2. The number of hydrogen-bond donors (Lipinski definition) is 0. The van der Waals surface area contributed by atoms with Crippen LogP contribution in [0.3, 0.4) is 0 Å². The van der Waals surface area contributed by atoms with Crippen molar-refractivity contribution in [2.75, 3.05) is 20.2 Å². The fraction of sp³-hybridized carbons (Fsp3) is 0.438. The standard InChI is InChI=1S/C16H18FN5O3/c1-25-16(24)14-9-21(15(23)6-7-22-10-18-19-20-22)8-13(14)11-2-4-12(17)5-3-11/h2-5,10,13-14H,6-9H2,1H3/t13-,14+/m1/s1. The molecule has 1 aromatic carbocycles. The van der Waals surface area contributed by atoms with Crippen LogP contribution in [0.15, 0.2) is 30.6 Å². The summed E-state index contributed by atoms with van der Waals surface area (Å²) in [6.45, 7) is 1.04. The maximum Gasteiger partial charge on any atom is 0.311 e. The van der Waals surface area contributed by atoms with Crippen molar-refractivity contribution in [1.29, 1.82) is 0 Å². The largest absolute Gasteiger partial charge is 0.469 e. The van der Waals surface area contributed by atoms with Crippen LogP contribution in [0.5, 0.6) is 0 Å². The zero-order valence-corrected chi connectivity index (χ0v) is 13.7. The number of carbonyl (C=O) groups excluding carboxylic acids is 2. The van der Waals surface area contributed by atoms with Gasteiger partial charge in [0.25, 0.3) is 0 Å². The Morgan fingerprint density at radius 2 is 2.04 bits per heavy atom. The first-order valence-electron chi connectivity index (χ1n) is 7.90. The number of nitrogens with zero attached hydrogens (tertiary/aromatic N) is 5. The van der Waals surface area contributed by atoms with Crippen LogP contribution in [0, 0.1) is 11.7 Å². The Kier molecular flexibility index (Phi) is 5.01. The number of carbonyl (C=O) groups is 2. The smallest absolute Gasteiger partial charge is 0.311 e. The van der Waals surface area contributed by atoms with Crippen LogP contribution in [-0.4, -0.2) is 57.2 Å². The molecule has 2 atom stereocenters. The Labute approximate surface area is 143 Å². The van der Waals surface area contributed by atoms with Crippen molar-refractivity contribution >= 4 is 11.9 Å². The maximum absolute atomic E-state index is 13.2. The van der Waals surface area contributed by atoms with Gasteiger partial charge >= 0.3 is 5.97 Å². The van der Waals surface area contributed by atoms with Gasteiger partial charge in [0.1, 0.15) is 12.1 Å². The van der Waals surface area contributed by atoms with Crippen molar-refractivity contribution in [3.63, 3.8) is 0 Å². The van der Waals surface area contributed by atoms with Gasteiger partial charge in [0.2, 0.25) is 5.91 Å². The van der Waals surface area contributed by atoms with E-state index in [0.717, 1.165) is 5.56 Å². The first kappa shape index (κ1) is 17.0. The molecule has 0 unspecified atom stereocenters. The second-order valence-corrected chi connectivity index (χ2v) is 5.91. The highest BCUT2D eigenvalue weighted by atomic mass is 19.1. The molecular formula is C16H18FN5O3. The number of ether oxygens (including phenoxy) is 1. The van der Waals surface area contributed by atoms with Gasteiger partial charge in [0.15, 0.2) is 0 Å². The summed E-state index contributed by atoms with van der Waals surface area (Å²) in [7, 11) is 1.33. The summed E-state index contributed by atoms with van der Waals surface area (Å²) in [5.41, 5.74) is 0.813. The van der Waals surface area contributed by atoms with Crippen LogP contribution >= 0.6 is 0 Å². The highest BCUT2D eigenvalue weighted by molar-refractivity contribution is 5.80. The summed E-state index contributed by atoms with van der Waals surface area (Å²) < 4.78 is 19.5. The zero-order valence-electron chi connectivity index (χ0n) is 13.7. The topological polar surface area (TPSA) is 90.2 Å². The quantitative estimate of drug-likeness (QED) is 0.737. The molecule has 2 aromatic rings. The third-order valence-electron chi connectivity index (χ3n) is 4.42. The van der Waals surface area contributed by atoms with Gasteiger partial charge in [-0.1, -0.05) is 12.1 Å². The van der Waals surface area contributed by atoms with Gasteiger partial charge < -0.3 is 9.64 Å². The predicted molar refractivity (Wildman–Crippen MR) is 83.7 cm³/mol. The second kappa shape index (κ2) is 7.37. The normalized spacial score (nSPS) is 19.8. The molecule has 0 bridgehead atoms. The lowest BCUT2D eigenvalue weighted by Crippen LogP contribution is -2.30. The van der Waals surface area contributed by atoms with E-state index in [0.29, 0.717) is 13.1 Å². The summed E-state index contributed by atoms with van der Waals surface area (Å²) in [4.78, 5) is 26.2. The molecule has 3 rings (SSSR count). The highest BCUT2D eigenvalue weighted by Gasteiger charge is 2.40. The Hall–Kier alpha value is -2.84. The van der Waals surface area contributed by atoms with Gasteiger partial charge in [-0.2, -0.15) is 0 Å². The molecule has 1 fully saturated rings. The number of aromatic nitrogens is 4. The number of halogens is 1. The Morgan fingerprint density at radius 3 is 2.68 bits per heavy atom. The number of benzene rings is 1. The summed E-state index contributed by atoms with van der Waals surface area (Å²) >= 11 is 0. The number of rotatable bonds is 5. The first-order chi connectivity index (χ1) is 12.1. The third kappa shape index (κ3) is 3.81. The molecule has 1 aliphatic rings. The lowest BCUT2D eigenvalue weighted by atomic mass is 9.89. The molecule has 0 saturated carbocycles. The molecule has 0 N–H and O–H groups in total. The van der Waals surface area contributed by atoms with Gasteiger partial charge in [0.05, 0.1) is 19.6 Å². The predicted octanol–water partition coefficient (Wildman–Crippen LogP) is 0.617. The summed E-state index contributed by atoms with van der Waals surface area (Å²) in [6.07, 6.45) is 1.67. The molecule has 1 aromatic heterocycles. The summed E-state index contributed by atoms with van der Waals surface area (Å²) in [5, 5.41) is 10.8. The number of likely N-dealkylation sites (tertiary alicyclic amines) is 1. The average molecular weight is 347 g/mol. The minimum atomic E-state index is -0.465. The van der Waals surface area contributed by atoms with Crippen LogP contribution in [0.4, 0.5) is 4.39 Å². The fourth-order valence-electron chi connectivity index (χ4n) is 3.10. The molecule has 8 nitrogen and oxygen atoms in total. The summed E-state index contributed by atoms with van der Waals surface area (Å²) in [5.74, 6) is -1.48. The van der Waals surface area contributed by atoms with Gasteiger partial charge in [-0.3, -0.25) is 9.59 Å². The van der Waals surface area contributed by atoms with Crippen LogP contribution in [0.1, 0.15) is 17.9 Å². The number of tetrazole rings is 1. The molecule has 0 aliphatic carbocycles. The van der Waals surface area contributed by atoms with Gasteiger partial charge in [-0.25, -0.2) is 9.07 Å². The zero-order chi connectivity index (χ0) is 17.8. The van der Waals surface area contributed by atoms with Gasteiger partial charge in [-0.05, 0) is 28.1 Å². The molecule has 1 amide bonds. The van der Waals surface area contributed by atoms with Crippen molar-refractivity contribution < 1.29 is 18.7 Å². The fourth-order valence-corrected chi connectivity index (χ4v) is 3.10. The first-order valence-corrected chi connectivity index (χ1v) is 7.90. The number of esters is 1. The molecule has 2 heterocycles. The minimum absolute atomic E-state index is 0.0889. The van der Waals surface area contributed by atoms with E-state index in [1.807, 2.05) is 0 Å². The van der Waals surface area contributed by atoms with Crippen molar-refractivity contribution in [2.45, 2.75) is 18.9 Å². The molecular weight excluding hydrogens is 329 g/mol. The molecule has 0 radical (unpaired) electrons. The number of hydrogen-bond acceptors (Lipinski definition) is 6. The van der Waals surface area contributed by atoms with Crippen molar-refractivity contribution in [2.24, 2.45) is 5.92 Å². The van der Waals surface area contributed by atoms with E-state index in [1.54, 1.807) is 17.0 Å². The lowest BCUT2D eigenvalue weighted by molar-refractivity contribution is -0.145. The minimum Gasteiger partial charge on any atom is -0.469 e. The number of methoxy groups -OCH3 is 1. The van der Waals surface area contributed by atoms with E-state index >= 15 is 0 Å². The van der Waals surface area contributed by atoms with Crippen molar-refractivity contribution in [3.05, 3.63) is 42.0 Å². The molecule has 9 heteroatoms. The Balaban J connectivity index is 1.71. The molecule has 25 heavy (non-hydrogen) atoms. The van der Waals surface area contributed by atoms with Gasteiger partial charge in [0, 0.05) is 25.4 Å². The van der Waals surface area contributed by atoms with Crippen LogP contribution in [0.2, 0.25) is 0 Å². The van der Waals surface area contributed by atoms with E-state index in [4.69, 9.17) is 4.74 Å². The molecule has 1 saturated heterocycles. The lowest BCUT2D eigenvalue weighted by Gasteiger charge is -2.16. The van der Waals surface area contributed by atoms with E-state index in [9.17, 15) is 14.0 Å². The van der Waals surface area contributed by atoms with Crippen molar-refractivity contribution in [1.82, 2.24) is 25.1 Å². The van der Waals surface area contributed by atoms with Crippen LogP contribution in [-0.2, 0) is 20.9 Å². The molecule has 0 spiro atoms. The SMILES string of the molecule is COC(=O)[C@H]1CN(C(=O)CCn2cnnn2)C[C@@H]1c1ccc(F)cc1. The Morgan fingerprint density at radius 1 is 1.28 bits per heavy atom. The number of aryl methyl sites for hydroxylation is 1. The highest BCUT2D eigenvalue weighted by Crippen LogP contribution is 2.34. The van der Waals surface area contributed by atoms with Crippen LogP contribution in [0.25, 0.3) is 0 Å². The van der Waals surface area contributed by atoms with Gasteiger partial charge in [-0.15, -0.1) is 5.10 Å². The van der Waals surface area contributed by atoms with Crippen LogP contribution < -0.4 is 0 Å². The molecule has 1 aliphatic heterocycles. The average Bonchev–Trinajstić information content (AvgIpc) is 3.29. The van der Waals surface area contributed by atoms with E-state index in [2.05, 4.69) is 15.5 Å². The number of amides is 1. The molecule has 132 valence electrons. The van der Waals surface area contributed by atoms with E-state index < -0.39 is 5.92 Å². The summed E-state index contributed by atoms with van der Waals surface area (Å²) in [6, 6.07) is 5.99. The monoisotopic (exact) mass is 347 g/mol. The van der Waals surface area contributed by atoms with Crippen molar-refractivity contribution in [3.8, 4) is 0 Å². The van der Waals surface area contributed by atoms with E-state index in [1.165, 1.54) is 30.3 Å². The van der Waals surface area contributed by atoms with E-state index in [-0.39, 0.29) is 36.6 Å². The second-order valence-electron chi connectivity index (χ2n) is 5.91.